The second-order valence-electron chi connectivity index (χ2n) is 8.04. The second kappa shape index (κ2) is 10.0. The van der Waals surface area contributed by atoms with E-state index in [0.29, 0.717) is 24.5 Å². The van der Waals surface area contributed by atoms with Crippen LogP contribution in [0.5, 0.6) is 11.5 Å². The molecule has 32 heavy (non-hydrogen) atoms. The molecule has 1 N–H and O–H groups in total. The van der Waals surface area contributed by atoms with Crippen molar-refractivity contribution in [1.29, 1.82) is 0 Å². The summed E-state index contributed by atoms with van der Waals surface area (Å²) in [5.74, 6) is 0.876. The number of rotatable bonds is 6. The van der Waals surface area contributed by atoms with Crippen LogP contribution in [0.1, 0.15) is 6.42 Å². The third-order valence-corrected chi connectivity index (χ3v) is 7.75. The summed E-state index contributed by atoms with van der Waals surface area (Å²) in [7, 11) is 2.97. The first-order valence-corrected chi connectivity index (χ1v) is 11.7. The van der Waals surface area contributed by atoms with Crippen LogP contribution in [-0.2, 0) is 9.53 Å². The number of aliphatic hydroxyl groups excluding tert-OH is 1. The van der Waals surface area contributed by atoms with E-state index in [0.717, 1.165) is 31.1 Å². The number of carbonyl (C=O) groups is 1. The van der Waals surface area contributed by atoms with Crippen molar-refractivity contribution >= 4 is 23.4 Å². The molecule has 0 bridgehead atoms. The van der Waals surface area contributed by atoms with E-state index in [1.54, 1.807) is 7.11 Å². The molecular weight excluding hydrogens is 428 g/mol. The van der Waals surface area contributed by atoms with Crippen molar-refractivity contribution < 1.29 is 24.1 Å². The maximum absolute atomic E-state index is 13.0. The molecule has 172 valence electrons. The molecule has 0 aromatic heterocycles. The van der Waals surface area contributed by atoms with Gasteiger partial charge in [0.1, 0.15) is 29.0 Å². The minimum absolute atomic E-state index is 0.0310. The number of para-hydroxylation sites is 1. The minimum atomic E-state index is -1.15. The normalized spacial score (nSPS) is 23.6. The van der Waals surface area contributed by atoms with Gasteiger partial charge in [0.2, 0.25) is 0 Å². The number of esters is 1. The number of aliphatic hydroxyl groups is 1. The zero-order valence-corrected chi connectivity index (χ0v) is 19.3. The maximum Gasteiger partial charge on any atom is 0.325 e. The van der Waals surface area contributed by atoms with Gasteiger partial charge < -0.3 is 24.2 Å². The second-order valence-corrected chi connectivity index (χ2v) is 9.41. The number of carbonyl (C=O) groups excluding carboxylic acids is 1. The molecule has 8 heteroatoms. The molecule has 2 aliphatic rings. The van der Waals surface area contributed by atoms with Crippen LogP contribution >= 0.6 is 11.8 Å². The fraction of sp³-hybridized carbons (Fsp3) is 0.458. The number of hydrogen-bond acceptors (Lipinski definition) is 8. The van der Waals surface area contributed by atoms with Crippen LogP contribution in [0.15, 0.2) is 53.4 Å². The molecule has 1 saturated heterocycles. The first kappa shape index (κ1) is 22.8. The average molecular weight is 459 g/mol. The Kier molecular flexibility index (Phi) is 7.13. The molecular formula is C24H30N2O5S. The van der Waals surface area contributed by atoms with E-state index in [-0.39, 0.29) is 6.61 Å². The number of piperazine rings is 1. The number of ether oxygens (including phenoxy) is 3. The zero-order valence-electron chi connectivity index (χ0n) is 18.5. The number of anilines is 1. The third-order valence-electron chi connectivity index (χ3n) is 6.20. The van der Waals surface area contributed by atoms with Gasteiger partial charge in [-0.1, -0.05) is 18.2 Å². The van der Waals surface area contributed by atoms with Gasteiger partial charge in [0.05, 0.1) is 19.1 Å². The minimum Gasteiger partial charge on any atom is -0.497 e. The van der Waals surface area contributed by atoms with E-state index >= 15 is 0 Å². The molecule has 1 fully saturated rings. The fourth-order valence-corrected chi connectivity index (χ4v) is 5.60. The van der Waals surface area contributed by atoms with Gasteiger partial charge in [-0.3, -0.25) is 9.69 Å². The number of methoxy groups -OCH3 is 2. The van der Waals surface area contributed by atoms with Gasteiger partial charge in [-0.05, 0) is 36.8 Å². The Morgan fingerprint density at radius 3 is 2.59 bits per heavy atom. The van der Waals surface area contributed by atoms with E-state index in [1.807, 2.05) is 24.3 Å². The Morgan fingerprint density at radius 1 is 1.16 bits per heavy atom. The lowest BCUT2D eigenvalue weighted by Crippen LogP contribution is -2.53. The average Bonchev–Trinajstić information content (AvgIpc) is 2.99. The first-order chi connectivity index (χ1) is 15.6. The lowest BCUT2D eigenvalue weighted by molar-refractivity contribution is -0.147. The molecule has 0 radical (unpaired) electrons. The van der Waals surface area contributed by atoms with Crippen molar-refractivity contribution in [3.63, 3.8) is 0 Å². The van der Waals surface area contributed by atoms with Crippen molar-refractivity contribution in [2.75, 3.05) is 58.5 Å². The lowest BCUT2D eigenvalue weighted by Gasteiger charge is -2.39. The summed E-state index contributed by atoms with van der Waals surface area (Å²) in [6.45, 7) is 4.36. The molecule has 0 amide bonds. The van der Waals surface area contributed by atoms with Crippen molar-refractivity contribution in [2.24, 2.45) is 0 Å². The highest BCUT2D eigenvalue weighted by atomic mass is 32.2. The summed E-state index contributed by atoms with van der Waals surface area (Å²) in [6.07, 6.45) is -0.541. The van der Waals surface area contributed by atoms with Crippen molar-refractivity contribution in [3.8, 4) is 11.5 Å². The van der Waals surface area contributed by atoms with Gasteiger partial charge in [-0.25, -0.2) is 0 Å². The van der Waals surface area contributed by atoms with Crippen LogP contribution in [0.2, 0.25) is 0 Å². The fourth-order valence-electron chi connectivity index (χ4n) is 4.24. The summed E-state index contributed by atoms with van der Waals surface area (Å²) in [4.78, 5) is 18.5. The van der Waals surface area contributed by atoms with Crippen LogP contribution in [0.4, 0.5) is 5.69 Å². The summed E-state index contributed by atoms with van der Waals surface area (Å²) < 4.78 is 15.2. The van der Waals surface area contributed by atoms with Crippen molar-refractivity contribution in [1.82, 2.24) is 4.90 Å². The van der Waals surface area contributed by atoms with Gasteiger partial charge in [0.15, 0.2) is 0 Å². The summed E-state index contributed by atoms with van der Waals surface area (Å²) in [5.41, 5.74) is 1.23. The van der Waals surface area contributed by atoms with Crippen LogP contribution in [0.25, 0.3) is 0 Å². The van der Waals surface area contributed by atoms with Gasteiger partial charge in [0.25, 0.3) is 0 Å². The number of hydrogen-bond donors (Lipinski definition) is 1. The quantitative estimate of drug-likeness (QED) is 0.663. The Morgan fingerprint density at radius 2 is 1.91 bits per heavy atom. The topological polar surface area (TPSA) is 71.5 Å². The van der Waals surface area contributed by atoms with Crippen LogP contribution in [-0.4, -0.2) is 80.4 Å². The standard InChI is InChI=1S/C24H30N2O5S/c1-29-19-8-9-20-21(16-19)32-24(23(28)30-2,22(27)17-31-20)10-11-25-12-14-26(15-13-25)18-6-4-3-5-7-18/h3-9,16,22,27H,10-15,17H2,1-2H3. The summed E-state index contributed by atoms with van der Waals surface area (Å²) in [6, 6.07) is 15.9. The van der Waals surface area contributed by atoms with Crippen LogP contribution < -0.4 is 14.4 Å². The van der Waals surface area contributed by atoms with Gasteiger partial charge in [0, 0.05) is 38.4 Å². The number of thioether (sulfide) groups is 1. The number of nitrogens with zero attached hydrogens (tertiary/aromatic N) is 2. The molecule has 4 rings (SSSR count). The maximum atomic E-state index is 13.0. The number of fused-ring (bicyclic) bond motifs is 1. The predicted molar refractivity (Wildman–Crippen MR) is 125 cm³/mol. The van der Waals surface area contributed by atoms with E-state index in [4.69, 9.17) is 14.2 Å². The Hall–Kier alpha value is -2.42. The largest absolute Gasteiger partial charge is 0.497 e. The van der Waals surface area contributed by atoms with Gasteiger partial charge in [-0.2, -0.15) is 0 Å². The molecule has 2 aliphatic heterocycles. The predicted octanol–water partition coefficient (Wildman–Crippen LogP) is 2.66. The smallest absolute Gasteiger partial charge is 0.325 e. The molecule has 0 saturated carbocycles. The van der Waals surface area contributed by atoms with Gasteiger partial charge >= 0.3 is 5.97 Å². The molecule has 2 atom stereocenters. The molecule has 7 nitrogen and oxygen atoms in total. The summed E-state index contributed by atoms with van der Waals surface area (Å²) >= 11 is 1.31. The Bertz CT molecular complexity index is 920. The third kappa shape index (κ3) is 4.67. The highest BCUT2D eigenvalue weighted by Crippen LogP contribution is 2.47. The van der Waals surface area contributed by atoms with Crippen molar-refractivity contribution in [2.45, 2.75) is 22.2 Å². The van der Waals surface area contributed by atoms with E-state index in [9.17, 15) is 9.90 Å². The molecule has 2 aromatic rings. The van der Waals surface area contributed by atoms with E-state index in [1.165, 1.54) is 24.6 Å². The molecule has 0 spiro atoms. The number of benzene rings is 2. The van der Waals surface area contributed by atoms with Crippen LogP contribution in [0, 0.1) is 0 Å². The molecule has 0 aliphatic carbocycles. The molecule has 2 aromatic carbocycles. The Labute approximate surface area is 193 Å². The van der Waals surface area contributed by atoms with E-state index in [2.05, 4.69) is 34.1 Å². The monoisotopic (exact) mass is 458 g/mol. The SMILES string of the molecule is COC(=O)C1(CCN2CCN(c3ccccc3)CC2)Sc2cc(OC)ccc2OCC1O. The lowest BCUT2D eigenvalue weighted by atomic mass is 9.97. The highest BCUT2D eigenvalue weighted by Gasteiger charge is 2.50. The zero-order chi connectivity index (χ0) is 22.6. The first-order valence-electron chi connectivity index (χ1n) is 10.8. The molecule has 2 unspecified atom stereocenters. The molecule has 2 heterocycles. The Balaban J connectivity index is 1.48. The van der Waals surface area contributed by atoms with Crippen LogP contribution in [0.3, 0.4) is 0 Å². The van der Waals surface area contributed by atoms with Gasteiger partial charge in [-0.15, -0.1) is 11.8 Å². The van der Waals surface area contributed by atoms with Crippen molar-refractivity contribution in [3.05, 3.63) is 48.5 Å². The summed E-state index contributed by atoms with van der Waals surface area (Å²) in [5, 5.41) is 11.0. The van der Waals surface area contributed by atoms with E-state index < -0.39 is 16.8 Å². The highest BCUT2D eigenvalue weighted by molar-refractivity contribution is 8.01.